The Morgan fingerprint density at radius 1 is 1.41 bits per heavy atom. The van der Waals surface area contributed by atoms with Crippen molar-refractivity contribution in [1.29, 1.82) is 0 Å². The molecule has 1 fully saturated rings. The number of urea groups is 1. The Kier molecular flexibility index (Phi) is 6.18. The number of carbonyl (C=O) groups excluding carboxylic acids is 1. The number of carbonyl (C=O) groups is 2. The molecule has 98 valence electrons. The van der Waals surface area contributed by atoms with Crippen LogP contribution in [-0.2, 0) is 4.79 Å². The van der Waals surface area contributed by atoms with Crippen LogP contribution in [0.4, 0.5) is 4.79 Å². The van der Waals surface area contributed by atoms with Gasteiger partial charge in [-0.2, -0.15) is 11.8 Å². The summed E-state index contributed by atoms with van der Waals surface area (Å²) in [5.41, 5.74) is 0. The fourth-order valence-corrected chi connectivity index (χ4v) is 2.42. The molecule has 1 atom stereocenters. The molecule has 0 unspecified atom stereocenters. The molecular formula is C11H20N2O3S. The van der Waals surface area contributed by atoms with Gasteiger partial charge in [-0.15, -0.1) is 0 Å². The maximum Gasteiger partial charge on any atom is 0.326 e. The van der Waals surface area contributed by atoms with Gasteiger partial charge in [-0.05, 0) is 31.3 Å². The SMILES string of the molecule is CSCC[C@@H](NC(=O)NC1CCCC1)C(=O)O. The van der Waals surface area contributed by atoms with E-state index >= 15 is 0 Å². The van der Waals surface area contributed by atoms with Gasteiger partial charge in [0.25, 0.3) is 0 Å². The van der Waals surface area contributed by atoms with Gasteiger partial charge >= 0.3 is 12.0 Å². The summed E-state index contributed by atoms with van der Waals surface area (Å²) >= 11 is 1.57. The van der Waals surface area contributed by atoms with Crippen LogP contribution < -0.4 is 10.6 Å². The van der Waals surface area contributed by atoms with Crippen molar-refractivity contribution in [3.63, 3.8) is 0 Å². The third kappa shape index (κ3) is 5.30. The summed E-state index contributed by atoms with van der Waals surface area (Å²) in [5.74, 6) is -0.249. The van der Waals surface area contributed by atoms with Crippen LogP contribution >= 0.6 is 11.8 Å². The van der Waals surface area contributed by atoms with E-state index in [1.54, 1.807) is 11.8 Å². The van der Waals surface area contributed by atoms with Crippen LogP contribution in [0.25, 0.3) is 0 Å². The van der Waals surface area contributed by atoms with Gasteiger partial charge in [0, 0.05) is 6.04 Å². The van der Waals surface area contributed by atoms with Gasteiger partial charge in [0.2, 0.25) is 0 Å². The van der Waals surface area contributed by atoms with Crippen LogP contribution in [-0.4, -0.2) is 41.2 Å². The third-order valence-electron chi connectivity index (χ3n) is 2.90. The zero-order valence-electron chi connectivity index (χ0n) is 10.1. The normalized spacial score (nSPS) is 17.7. The molecule has 17 heavy (non-hydrogen) atoms. The van der Waals surface area contributed by atoms with Crippen LogP contribution in [0.15, 0.2) is 0 Å². The first kappa shape index (κ1) is 14.2. The largest absolute Gasteiger partial charge is 0.480 e. The van der Waals surface area contributed by atoms with E-state index < -0.39 is 12.0 Å². The summed E-state index contributed by atoms with van der Waals surface area (Å²) in [6.45, 7) is 0. The zero-order chi connectivity index (χ0) is 12.7. The van der Waals surface area contributed by atoms with E-state index in [0.717, 1.165) is 31.4 Å². The molecule has 0 aromatic carbocycles. The molecule has 2 amide bonds. The van der Waals surface area contributed by atoms with Gasteiger partial charge in [0.15, 0.2) is 0 Å². The van der Waals surface area contributed by atoms with Gasteiger partial charge < -0.3 is 15.7 Å². The van der Waals surface area contributed by atoms with Crippen molar-refractivity contribution in [2.24, 2.45) is 0 Å². The number of hydrogen-bond acceptors (Lipinski definition) is 3. The highest BCUT2D eigenvalue weighted by molar-refractivity contribution is 7.98. The second kappa shape index (κ2) is 7.42. The number of rotatable bonds is 6. The van der Waals surface area contributed by atoms with Gasteiger partial charge in [0.05, 0.1) is 0 Å². The van der Waals surface area contributed by atoms with Crippen molar-refractivity contribution in [3.05, 3.63) is 0 Å². The Bertz CT molecular complexity index is 267. The van der Waals surface area contributed by atoms with E-state index in [-0.39, 0.29) is 12.1 Å². The average molecular weight is 260 g/mol. The molecule has 3 N–H and O–H groups in total. The van der Waals surface area contributed by atoms with Gasteiger partial charge in [-0.25, -0.2) is 9.59 Å². The van der Waals surface area contributed by atoms with Crippen LogP contribution in [0, 0.1) is 0 Å². The first-order chi connectivity index (χ1) is 8.13. The first-order valence-corrected chi connectivity index (χ1v) is 7.31. The Morgan fingerprint density at radius 3 is 2.59 bits per heavy atom. The highest BCUT2D eigenvalue weighted by Gasteiger charge is 2.22. The minimum atomic E-state index is -0.972. The molecule has 1 saturated carbocycles. The van der Waals surface area contributed by atoms with E-state index in [9.17, 15) is 9.59 Å². The van der Waals surface area contributed by atoms with Crippen LogP contribution in [0.2, 0.25) is 0 Å². The Balaban J connectivity index is 2.32. The lowest BCUT2D eigenvalue weighted by atomic mass is 10.2. The number of thioether (sulfide) groups is 1. The smallest absolute Gasteiger partial charge is 0.326 e. The van der Waals surface area contributed by atoms with Crippen LogP contribution in [0.3, 0.4) is 0 Å². The summed E-state index contributed by atoms with van der Waals surface area (Å²) in [6, 6.07) is -0.931. The van der Waals surface area contributed by atoms with Crippen LogP contribution in [0.5, 0.6) is 0 Å². The molecule has 1 rings (SSSR count). The first-order valence-electron chi connectivity index (χ1n) is 5.92. The summed E-state index contributed by atoms with van der Waals surface area (Å²) < 4.78 is 0. The predicted molar refractivity (Wildman–Crippen MR) is 68.3 cm³/mol. The number of amides is 2. The van der Waals surface area contributed by atoms with Crippen molar-refractivity contribution >= 4 is 23.8 Å². The van der Waals surface area contributed by atoms with E-state index in [1.165, 1.54) is 0 Å². The van der Waals surface area contributed by atoms with Crippen molar-refractivity contribution in [1.82, 2.24) is 10.6 Å². The lowest BCUT2D eigenvalue weighted by Gasteiger charge is -2.17. The van der Waals surface area contributed by atoms with Crippen LogP contribution in [0.1, 0.15) is 32.1 Å². The second-order valence-electron chi connectivity index (χ2n) is 4.27. The van der Waals surface area contributed by atoms with Crippen molar-refractivity contribution in [2.75, 3.05) is 12.0 Å². The molecule has 0 radical (unpaired) electrons. The fourth-order valence-electron chi connectivity index (χ4n) is 1.95. The van der Waals surface area contributed by atoms with Gasteiger partial charge in [-0.1, -0.05) is 12.8 Å². The molecular weight excluding hydrogens is 240 g/mol. The molecule has 1 aliphatic rings. The summed E-state index contributed by atoms with van der Waals surface area (Å²) in [7, 11) is 0. The van der Waals surface area contributed by atoms with Crippen molar-refractivity contribution < 1.29 is 14.7 Å². The summed E-state index contributed by atoms with van der Waals surface area (Å²) in [4.78, 5) is 22.5. The minimum absolute atomic E-state index is 0.213. The zero-order valence-corrected chi connectivity index (χ0v) is 10.9. The maximum atomic E-state index is 11.6. The fraction of sp³-hybridized carbons (Fsp3) is 0.818. The number of nitrogens with one attached hydrogen (secondary N) is 2. The molecule has 0 aromatic heterocycles. The number of carboxylic acid groups (broad SMARTS) is 1. The van der Waals surface area contributed by atoms with E-state index in [2.05, 4.69) is 10.6 Å². The molecule has 0 bridgehead atoms. The number of hydrogen-bond donors (Lipinski definition) is 3. The molecule has 0 spiro atoms. The topological polar surface area (TPSA) is 78.4 Å². The molecule has 6 heteroatoms. The van der Waals surface area contributed by atoms with Crippen molar-refractivity contribution in [3.8, 4) is 0 Å². The Morgan fingerprint density at radius 2 is 2.06 bits per heavy atom. The van der Waals surface area contributed by atoms with E-state index in [0.29, 0.717) is 6.42 Å². The maximum absolute atomic E-state index is 11.6. The quantitative estimate of drug-likeness (QED) is 0.675. The highest BCUT2D eigenvalue weighted by Crippen LogP contribution is 2.17. The van der Waals surface area contributed by atoms with Gasteiger partial charge in [0.1, 0.15) is 6.04 Å². The predicted octanol–water partition coefficient (Wildman–Crippen LogP) is 1.43. The second-order valence-corrected chi connectivity index (χ2v) is 5.26. The lowest BCUT2D eigenvalue weighted by molar-refractivity contribution is -0.139. The molecule has 1 aliphatic carbocycles. The minimum Gasteiger partial charge on any atom is -0.480 e. The summed E-state index contributed by atoms with van der Waals surface area (Å²) in [6.07, 6.45) is 6.64. The highest BCUT2D eigenvalue weighted by atomic mass is 32.2. The van der Waals surface area contributed by atoms with E-state index in [1.807, 2.05) is 6.26 Å². The Labute approximate surface area is 106 Å². The lowest BCUT2D eigenvalue weighted by Crippen LogP contribution is -2.48. The third-order valence-corrected chi connectivity index (χ3v) is 3.55. The molecule has 0 aromatic rings. The monoisotopic (exact) mass is 260 g/mol. The molecule has 0 heterocycles. The molecule has 0 aliphatic heterocycles. The Hall–Kier alpha value is -0.910. The molecule has 5 nitrogen and oxygen atoms in total. The van der Waals surface area contributed by atoms with Crippen molar-refractivity contribution in [2.45, 2.75) is 44.2 Å². The standard InChI is InChI=1S/C11H20N2O3S/c1-17-7-6-9(10(14)15)13-11(16)12-8-4-2-3-5-8/h8-9H,2-7H2,1H3,(H,14,15)(H2,12,13,16)/t9-/m1/s1. The van der Waals surface area contributed by atoms with Gasteiger partial charge in [-0.3, -0.25) is 0 Å². The number of aliphatic carboxylic acids is 1. The molecule has 0 saturated heterocycles. The van der Waals surface area contributed by atoms with E-state index in [4.69, 9.17) is 5.11 Å². The average Bonchev–Trinajstić information content (AvgIpc) is 2.76. The summed E-state index contributed by atoms with van der Waals surface area (Å²) in [5, 5.41) is 14.3. The number of carboxylic acids is 1.